The normalized spacial score (nSPS) is 13.3. The zero-order chi connectivity index (χ0) is 13.2. The van der Waals surface area contributed by atoms with Crippen LogP contribution in [0.2, 0.25) is 0 Å². The number of hydrogen-bond donors (Lipinski definition) is 2. The number of amides is 1. The molecule has 2 aromatic heterocycles. The molecule has 3 heterocycles. The summed E-state index contributed by atoms with van der Waals surface area (Å²) in [5.74, 6) is 0.880. The Balaban J connectivity index is 1.79. The van der Waals surface area contributed by atoms with Crippen molar-refractivity contribution in [3.63, 3.8) is 0 Å². The average Bonchev–Trinajstić information content (AvgIpc) is 3.07. The first-order valence-electron chi connectivity index (χ1n) is 5.61. The van der Waals surface area contributed by atoms with Gasteiger partial charge >= 0.3 is 0 Å². The van der Waals surface area contributed by atoms with Crippen LogP contribution in [-0.4, -0.2) is 36.4 Å². The van der Waals surface area contributed by atoms with Crippen molar-refractivity contribution in [3.05, 3.63) is 34.3 Å². The van der Waals surface area contributed by atoms with E-state index in [1.807, 2.05) is 0 Å². The van der Waals surface area contributed by atoms with Crippen LogP contribution in [0.15, 0.2) is 22.5 Å². The maximum Gasteiger partial charge on any atom is 0.267 e. The molecule has 9 heteroatoms. The molecule has 0 aliphatic carbocycles. The van der Waals surface area contributed by atoms with E-state index in [1.165, 1.54) is 28.9 Å². The van der Waals surface area contributed by atoms with Crippen LogP contribution >= 0.6 is 11.8 Å². The Morgan fingerprint density at radius 3 is 3.21 bits per heavy atom. The van der Waals surface area contributed by atoms with Gasteiger partial charge in [0.15, 0.2) is 5.16 Å². The number of aromatic amines is 1. The molecule has 0 saturated heterocycles. The summed E-state index contributed by atoms with van der Waals surface area (Å²) in [5, 5.41) is 9.56. The van der Waals surface area contributed by atoms with Crippen molar-refractivity contribution in [2.24, 2.45) is 0 Å². The molecule has 19 heavy (non-hydrogen) atoms. The summed E-state index contributed by atoms with van der Waals surface area (Å²) in [4.78, 5) is 32.0. The van der Waals surface area contributed by atoms with Crippen molar-refractivity contribution in [1.82, 2.24) is 30.0 Å². The van der Waals surface area contributed by atoms with Gasteiger partial charge in [0.25, 0.3) is 11.5 Å². The van der Waals surface area contributed by atoms with E-state index in [1.54, 1.807) is 0 Å². The van der Waals surface area contributed by atoms with Crippen LogP contribution in [-0.2, 0) is 13.1 Å². The molecule has 8 nitrogen and oxygen atoms in total. The van der Waals surface area contributed by atoms with E-state index in [-0.39, 0.29) is 17.7 Å². The molecule has 2 aromatic rings. The Kier molecular flexibility index (Phi) is 3.03. The quantitative estimate of drug-likeness (QED) is 0.726. The lowest BCUT2D eigenvalue weighted by atomic mass is 10.3. The Bertz CT molecular complexity index is 665. The van der Waals surface area contributed by atoms with Crippen LogP contribution in [0.4, 0.5) is 0 Å². The number of nitrogens with zero attached hydrogens (tertiary/aromatic N) is 4. The van der Waals surface area contributed by atoms with Crippen molar-refractivity contribution < 1.29 is 4.79 Å². The molecule has 0 spiro atoms. The monoisotopic (exact) mass is 278 g/mol. The lowest BCUT2D eigenvalue weighted by molar-refractivity contribution is 0.0947. The number of rotatable bonds is 3. The van der Waals surface area contributed by atoms with Crippen molar-refractivity contribution in [2.75, 3.05) is 5.75 Å². The van der Waals surface area contributed by atoms with Crippen LogP contribution in [0.5, 0.6) is 0 Å². The molecule has 1 aliphatic rings. The Hall–Kier alpha value is -2.16. The highest BCUT2D eigenvalue weighted by atomic mass is 32.2. The zero-order valence-corrected chi connectivity index (χ0v) is 10.6. The van der Waals surface area contributed by atoms with E-state index in [9.17, 15) is 9.59 Å². The molecule has 0 radical (unpaired) electrons. The lowest BCUT2D eigenvalue weighted by Crippen LogP contribution is -2.33. The molecular weight excluding hydrogens is 268 g/mol. The van der Waals surface area contributed by atoms with Gasteiger partial charge in [-0.05, 0) is 0 Å². The predicted molar refractivity (Wildman–Crippen MR) is 66.8 cm³/mol. The van der Waals surface area contributed by atoms with Gasteiger partial charge in [0.2, 0.25) is 0 Å². The third-order valence-corrected chi connectivity index (χ3v) is 3.65. The highest BCUT2D eigenvalue weighted by Crippen LogP contribution is 2.20. The molecule has 0 atom stereocenters. The number of aromatic nitrogens is 5. The van der Waals surface area contributed by atoms with Crippen LogP contribution in [0.25, 0.3) is 0 Å². The number of thioether (sulfide) groups is 1. The van der Waals surface area contributed by atoms with Crippen LogP contribution < -0.4 is 10.9 Å². The predicted octanol–water partition coefficient (Wildman–Crippen LogP) is -0.603. The first-order chi connectivity index (χ1) is 9.25. The van der Waals surface area contributed by atoms with Crippen LogP contribution in [0, 0.1) is 0 Å². The van der Waals surface area contributed by atoms with Crippen molar-refractivity contribution >= 4 is 17.7 Å². The van der Waals surface area contributed by atoms with E-state index >= 15 is 0 Å². The van der Waals surface area contributed by atoms with Gasteiger partial charge in [-0.15, -0.1) is 0 Å². The standard InChI is InChI=1S/C10H10N6O2S/c17-8(11-4-7-13-5-14-15-7)6-3-12-10-16(9(6)18)1-2-19-10/h3,5H,1-2,4H2,(H,11,17)(H,13,14,15). The van der Waals surface area contributed by atoms with Gasteiger partial charge in [0.1, 0.15) is 17.7 Å². The second-order valence-corrected chi connectivity index (χ2v) is 4.94. The fourth-order valence-corrected chi connectivity index (χ4v) is 2.66. The van der Waals surface area contributed by atoms with Crippen LogP contribution in [0.3, 0.4) is 0 Å². The SMILES string of the molecule is O=C(NCc1ncn[nH]1)c1cnc2n(c1=O)CCS2. The maximum absolute atomic E-state index is 12.1. The summed E-state index contributed by atoms with van der Waals surface area (Å²) in [6.45, 7) is 0.782. The summed E-state index contributed by atoms with van der Waals surface area (Å²) < 4.78 is 1.52. The van der Waals surface area contributed by atoms with Crippen LogP contribution in [0.1, 0.15) is 16.2 Å². The van der Waals surface area contributed by atoms with E-state index in [0.29, 0.717) is 17.5 Å². The van der Waals surface area contributed by atoms with Gasteiger partial charge in [0, 0.05) is 18.5 Å². The Labute approximate surface area is 111 Å². The summed E-state index contributed by atoms with van der Waals surface area (Å²) >= 11 is 1.51. The van der Waals surface area contributed by atoms with E-state index < -0.39 is 5.91 Å². The smallest absolute Gasteiger partial charge is 0.267 e. The lowest BCUT2D eigenvalue weighted by Gasteiger charge is -2.05. The molecule has 3 rings (SSSR count). The van der Waals surface area contributed by atoms with Gasteiger partial charge in [0.05, 0.1) is 6.54 Å². The van der Waals surface area contributed by atoms with Crippen molar-refractivity contribution in [1.29, 1.82) is 0 Å². The summed E-state index contributed by atoms with van der Waals surface area (Å²) in [6, 6.07) is 0. The number of hydrogen-bond acceptors (Lipinski definition) is 6. The molecule has 1 aliphatic heterocycles. The van der Waals surface area contributed by atoms with Gasteiger partial charge in [-0.25, -0.2) is 9.97 Å². The second kappa shape index (κ2) is 4.84. The van der Waals surface area contributed by atoms with Gasteiger partial charge < -0.3 is 5.32 Å². The molecule has 0 unspecified atom stereocenters. The second-order valence-electron chi connectivity index (χ2n) is 3.87. The van der Waals surface area contributed by atoms with E-state index in [4.69, 9.17) is 0 Å². The topological polar surface area (TPSA) is 106 Å². The fourth-order valence-electron chi connectivity index (χ4n) is 1.75. The third-order valence-electron chi connectivity index (χ3n) is 2.68. The molecule has 1 amide bonds. The molecular formula is C10H10N6O2S. The first-order valence-corrected chi connectivity index (χ1v) is 6.59. The van der Waals surface area contributed by atoms with Gasteiger partial charge in [-0.3, -0.25) is 19.3 Å². The van der Waals surface area contributed by atoms with Gasteiger partial charge in [-0.2, -0.15) is 5.10 Å². The number of H-pyrrole nitrogens is 1. The summed E-state index contributed by atoms with van der Waals surface area (Å²) in [6.07, 6.45) is 2.67. The summed E-state index contributed by atoms with van der Waals surface area (Å²) in [5.41, 5.74) is -0.254. The molecule has 98 valence electrons. The fraction of sp³-hybridized carbons (Fsp3) is 0.300. The molecule has 2 N–H and O–H groups in total. The highest BCUT2D eigenvalue weighted by molar-refractivity contribution is 7.99. The minimum Gasteiger partial charge on any atom is -0.345 e. The van der Waals surface area contributed by atoms with Gasteiger partial charge in [-0.1, -0.05) is 11.8 Å². The molecule has 0 saturated carbocycles. The number of fused-ring (bicyclic) bond motifs is 1. The zero-order valence-electron chi connectivity index (χ0n) is 9.79. The van der Waals surface area contributed by atoms with Crippen molar-refractivity contribution in [2.45, 2.75) is 18.2 Å². The minimum absolute atomic E-state index is 0.0470. The Morgan fingerprint density at radius 1 is 1.53 bits per heavy atom. The minimum atomic E-state index is -0.457. The molecule has 0 aromatic carbocycles. The largest absolute Gasteiger partial charge is 0.345 e. The number of carbonyl (C=O) groups is 1. The number of nitrogens with one attached hydrogen (secondary N) is 2. The third kappa shape index (κ3) is 2.24. The maximum atomic E-state index is 12.1. The Morgan fingerprint density at radius 2 is 2.42 bits per heavy atom. The van der Waals surface area contributed by atoms with E-state index in [0.717, 1.165) is 5.75 Å². The number of carbonyl (C=O) groups excluding carboxylic acids is 1. The molecule has 0 fully saturated rings. The average molecular weight is 278 g/mol. The van der Waals surface area contributed by atoms with Crippen molar-refractivity contribution in [3.8, 4) is 0 Å². The summed E-state index contributed by atoms with van der Waals surface area (Å²) in [7, 11) is 0. The molecule has 0 bridgehead atoms. The highest BCUT2D eigenvalue weighted by Gasteiger charge is 2.19. The van der Waals surface area contributed by atoms with E-state index in [2.05, 4.69) is 25.5 Å². The first kappa shape index (κ1) is 11.9.